The van der Waals surface area contributed by atoms with Gasteiger partial charge in [-0.1, -0.05) is 24.3 Å². The standard InChI is InChI=1S/C20H30N2O2/c1-16-6-4-5-7-17(16)12-19(23)22-10-8-20(9-11-22)15-21(2)13-18(20)14-24-3/h4-7,18H,8-15H2,1-3H3. The van der Waals surface area contributed by atoms with Crippen LogP contribution in [0, 0.1) is 18.3 Å². The summed E-state index contributed by atoms with van der Waals surface area (Å²) in [6, 6.07) is 8.20. The van der Waals surface area contributed by atoms with E-state index < -0.39 is 0 Å². The Kier molecular flexibility index (Phi) is 5.26. The molecule has 0 saturated carbocycles. The third-order valence-electron chi connectivity index (χ3n) is 6.07. The van der Waals surface area contributed by atoms with E-state index in [1.165, 1.54) is 5.56 Å². The Hall–Kier alpha value is -1.39. The molecule has 0 bridgehead atoms. The van der Waals surface area contributed by atoms with Crippen molar-refractivity contribution in [3.63, 3.8) is 0 Å². The molecular weight excluding hydrogens is 300 g/mol. The van der Waals surface area contributed by atoms with Gasteiger partial charge in [0.1, 0.15) is 0 Å². The summed E-state index contributed by atoms with van der Waals surface area (Å²) >= 11 is 0. The van der Waals surface area contributed by atoms with Crippen molar-refractivity contribution in [2.24, 2.45) is 11.3 Å². The summed E-state index contributed by atoms with van der Waals surface area (Å²) in [4.78, 5) is 17.2. The highest BCUT2D eigenvalue weighted by Crippen LogP contribution is 2.44. The van der Waals surface area contributed by atoms with E-state index in [9.17, 15) is 4.79 Å². The lowest BCUT2D eigenvalue weighted by molar-refractivity contribution is -0.133. The second kappa shape index (κ2) is 7.24. The van der Waals surface area contributed by atoms with E-state index in [1.807, 2.05) is 12.1 Å². The van der Waals surface area contributed by atoms with Crippen molar-refractivity contribution in [1.29, 1.82) is 0 Å². The first kappa shape index (κ1) is 17.4. The number of hydrogen-bond acceptors (Lipinski definition) is 3. The van der Waals surface area contributed by atoms with Crippen LogP contribution in [-0.2, 0) is 16.0 Å². The van der Waals surface area contributed by atoms with Crippen LogP contribution in [0.5, 0.6) is 0 Å². The Bertz CT molecular complexity index is 579. The van der Waals surface area contributed by atoms with Gasteiger partial charge >= 0.3 is 0 Å². The first-order chi connectivity index (χ1) is 11.5. The number of carbonyl (C=O) groups excluding carboxylic acids is 1. The molecule has 0 radical (unpaired) electrons. The summed E-state index contributed by atoms with van der Waals surface area (Å²) in [6.07, 6.45) is 2.73. The Balaban J connectivity index is 1.60. The second-order valence-electron chi connectivity index (χ2n) is 7.70. The molecule has 1 atom stereocenters. The normalized spacial score (nSPS) is 23.8. The van der Waals surface area contributed by atoms with Gasteiger partial charge in [-0.05, 0) is 43.4 Å². The number of carbonyl (C=O) groups is 1. The lowest BCUT2D eigenvalue weighted by Crippen LogP contribution is -2.47. The fraction of sp³-hybridized carbons (Fsp3) is 0.650. The van der Waals surface area contributed by atoms with Gasteiger partial charge in [0.15, 0.2) is 0 Å². The van der Waals surface area contributed by atoms with Crippen LogP contribution < -0.4 is 0 Å². The fourth-order valence-corrected chi connectivity index (χ4v) is 4.58. The minimum atomic E-state index is 0.272. The predicted octanol–water partition coefficient (Wildman–Crippen LogP) is 2.35. The number of amides is 1. The highest BCUT2D eigenvalue weighted by Gasteiger charge is 2.47. The van der Waals surface area contributed by atoms with E-state index in [0.717, 1.165) is 51.2 Å². The topological polar surface area (TPSA) is 32.8 Å². The van der Waals surface area contributed by atoms with Gasteiger partial charge in [0, 0.05) is 39.2 Å². The molecule has 1 aromatic carbocycles. The number of aryl methyl sites for hydroxylation is 1. The number of benzene rings is 1. The summed E-state index contributed by atoms with van der Waals surface area (Å²) in [7, 11) is 4.00. The van der Waals surface area contributed by atoms with Crippen LogP contribution in [-0.4, -0.2) is 62.7 Å². The van der Waals surface area contributed by atoms with Crippen molar-refractivity contribution in [3.05, 3.63) is 35.4 Å². The van der Waals surface area contributed by atoms with Crippen molar-refractivity contribution in [2.75, 3.05) is 46.9 Å². The molecule has 1 aromatic rings. The van der Waals surface area contributed by atoms with E-state index in [1.54, 1.807) is 7.11 Å². The van der Waals surface area contributed by atoms with E-state index in [-0.39, 0.29) is 5.91 Å². The molecule has 4 heteroatoms. The van der Waals surface area contributed by atoms with Gasteiger partial charge in [-0.2, -0.15) is 0 Å². The molecule has 132 valence electrons. The molecule has 0 aliphatic carbocycles. The van der Waals surface area contributed by atoms with Gasteiger partial charge in [-0.15, -0.1) is 0 Å². The minimum absolute atomic E-state index is 0.272. The van der Waals surface area contributed by atoms with E-state index in [2.05, 4.69) is 35.9 Å². The van der Waals surface area contributed by atoms with Crippen molar-refractivity contribution in [2.45, 2.75) is 26.2 Å². The van der Waals surface area contributed by atoms with Crippen molar-refractivity contribution in [1.82, 2.24) is 9.80 Å². The summed E-state index contributed by atoms with van der Waals surface area (Å²) in [5.74, 6) is 0.870. The van der Waals surface area contributed by atoms with Gasteiger partial charge in [0.05, 0.1) is 13.0 Å². The number of ether oxygens (including phenoxy) is 1. The molecule has 2 fully saturated rings. The molecule has 1 spiro atoms. The first-order valence-electron chi connectivity index (χ1n) is 9.04. The highest BCUT2D eigenvalue weighted by atomic mass is 16.5. The summed E-state index contributed by atoms with van der Waals surface area (Å²) < 4.78 is 5.46. The monoisotopic (exact) mass is 330 g/mol. The lowest BCUT2D eigenvalue weighted by atomic mass is 9.71. The largest absolute Gasteiger partial charge is 0.384 e. The van der Waals surface area contributed by atoms with Gasteiger partial charge < -0.3 is 14.5 Å². The molecule has 2 saturated heterocycles. The number of piperidine rings is 1. The zero-order valence-electron chi connectivity index (χ0n) is 15.3. The first-order valence-corrected chi connectivity index (χ1v) is 9.04. The van der Waals surface area contributed by atoms with Crippen LogP contribution >= 0.6 is 0 Å². The number of methoxy groups -OCH3 is 1. The Labute approximate surface area is 145 Å². The maximum atomic E-state index is 12.7. The molecule has 4 nitrogen and oxygen atoms in total. The van der Waals surface area contributed by atoms with Crippen molar-refractivity contribution < 1.29 is 9.53 Å². The maximum Gasteiger partial charge on any atom is 0.226 e. The van der Waals surface area contributed by atoms with Gasteiger partial charge in [0.2, 0.25) is 5.91 Å². The molecule has 3 rings (SSSR count). The Morgan fingerprint density at radius 2 is 2.00 bits per heavy atom. The van der Waals surface area contributed by atoms with Crippen LogP contribution in [0.3, 0.4) is 0 Å². The number of nitrogens with zero attached hydrogens (tertiary/aromatic N) is 2. The van der Waals surface area contributed by atoms with Crippen LogP contribution in [0.15, 0.2) is 24.3 Å². The molecule has 0 aromatic heterocycles. The summed E-state index contributed by atoms with van der Waals surface area (Å²) in [6.45, 7) is 6.95. The van der Waals surface area contributed by atoms with Gasteiger partial charge in [0.25, 0.3) is 0 Å². The van der Waals surface area contributed by atoms with Crippen LogP contribution in [0.25, 0.3) is 0 Å². The highest BCUT2D eigenvalue weighted by molar-refractivity contribution is 5.79. The molecule has 0 N–H and O–H groups in total. The Morgan fingerprint density at radius 3 is 2.67 bits per heavy atom. The Morgan fingerprint density at radius 1 is 1.29 bits per heavy atom. The quantitative estimate of drug-likeness (QED) is 0.850. The summed E-state index contributed by atoms with van der Waals surface area (Å²) in [5.41, 5.74) is 2.70. The molecule has 2 heterocycles. The van der Waals surface area contributed by atoms with Gasteiger partial charge in [-0.25, -0.2) is 0 Å². The molecule has 1 unspecified atom stereocenters. The molecule has 1 amide bonds. The number of likely N-dealkylation sites (tertiary alicyclic amines) is 2. The zero-order chi connectivity index (χ0) is 17.2. The number of rotatable bonds is 4. The van der Waals surface area contributed by atoms with Crippen LogP contribution in [0.4, 0.5) is 0 Å². The van der Waals surface area contributed by atoms with E-state index in [0.29, 0.717) is 17.8 Å². The maximum absolute atomic E-state index is 12.7. The second-order valence-corrected chi connectivity index (χ2v) is 7.70. The van der Waals surface area contributed by atoms with Crippen LogP contribution in [0.2, 0.25) is 0 Å². The van der Waals surface area contributed by atoms with E-state index >= 15 is 0 Å². The van der Waals surface area contributed by atoms with Gasteiger partial charge in [-0.3, -0.25) is 4.79 Å². The average Bonchev–Trinajstić information content (AvgIpc) is 2.86. The molecule has 2 aliphatic heterocycles. The van der Waals surface area contributed by atoms with Crippen molar-refractivity contribution in [3.8, 4) is 0 Å². The SMILES string of the molecule is COCC1CN(C)CC12CCN(C(=O)Cc1ccccc1C)CC2. The van der Waals surface area contributed by atoms with Crippen molar-refractivity contribution >= 4 is 5.91 Å². The predicted molar refractivity (Wildman–Crippen MR) is 96.0 cm³/mol. The minimum Gasteiger partial charge on any atom is -0.384 e. The van der Waals surface area contributed by atoms with Crippen LogP contribution in [0.1, 0.15) is 24.0 Å². The lowest BCUT2D eigenvalue weighted by Gasteiger charge is -2.42. The zero-order valence-corrected chi connectivity index (χ0v) is 15.3. The van der Waals surface area contributed by atoms with E-state index in [4.69, 9.17) is 4.74 Å². The summed E-state index contributed by atoms with van der Waals surface area (Å²) in [5, 5.41) is 0. The molecular formula is C20H30N2O2. The third-order valence-corrected chi connectivity index (χ3v) is 6.07. The fourth-order valence-electron chi connectivity index (χ4n) is 4.58. The number of hydrogen-bond donors (Lipinski definition) is 0. The average molecular weight is 330 g/mol. The molecule has 24 heavy (non-hydrogen) atoms. The smallest absolute Gasteiger partial charge is 0.226 e. The molecule has 2 aliphatic rings. The third kappa shape index (κ3) is 3.50.